The van der Waals surface area contributed by atoms with Crippen LogP contribution in [-0.2, 0) is 11.3 Å². The van der Waals surface area contributed by atoms with Gasteiger partial charge in [-0.1, -0.05) is 23.2 Å². The molecule has 0 aromatic heterocycles. The highest BCUT2D eigenvalue weighted by Crippen LogP contribution is 2.39. The lowest BCUT2D eigenvalue weighted by atomic mass is 9.96. The number of carboxylic acids is 1. The largest absolute Gasteiger partial charge is 0.481 e. The molecule has 1 aliphatic heterocycles. The van der Waals surface area contributed by atoms with E-state index in [-0.39, 0.29) is 19.6 Å². The van der Waals surface area contributed by atoms with Crippen LogP contribution in [0.15, 0.2) is 12.1 Å². The topological polar surface area (TPSA) is 43.8 Å². The molecule has 0 saturated carbocycles. The number of carbonyl (C=O) groups is 1. The van der Waals surface area contributed by atoms with Gasteiger partial charge in [0.2, 0.25) is 0 Å². The normalized spacial score (nSPS) is 22.0. The zero-order valence-electron chi connectivity index (χ0n) is 13.1. The minimum atomic E-state index is -4.55. The number of hydrogen-bond donors (Lipinski definition) is 1. The molecular weight excluding hydrogens is 368 g/mol. The highest BCUT2D eigenvalue weighted by atomic mass is 35.5. The van der Waals surface area contributed by atoms with Crippen LogP contribution in [0.1, 0.15) is 5.56 Å². The monoisotopic (exact) mass is 384 g/mol. The van der Waals surface area contributed by atoms with E-state index in [2.05, 4.69) is 0 Å². The number of alkyl halides is 3. The van der Waals surface area contributed by atoms with E-state index in [1.54, 1.807) is 25.1 Å². The first kappa shape index (κ1) is 19.1. The van der Waals surface area contributed by atoms with E-state index in [0.717, 1.165) is 0 Å². The lowest BCUT2D eigenvalue weighted by Gasteiger charge is -2.23. The molecule has 4 nitrogen and oxygen atoms in total. The van der Waals surface area contributed by atoms with Crippen molar-refractivity contribution in [2.24, 2.45) is 11.8 Å². The van der Waals surface area contributed by atoms with Gasteiger partial charge in [0.1, 0.15) is 0 Å². The summed E-state index contributed by atoms with van der Waals surface area (Å²) in [5.41, 5.74) is 1.31. The Kier molecular flexibility index (Phi) is 5.57. The fraction of sp³-hybridized carbons (Fsp3) is 0.533. The first-order valence-corrected chi connectivity index (χ1v) is 7.93. The lowest BCUT2D eigenvalue weighted by Crippen LogP contribution is -2.33. The molecule has 0 bridgehead atoms. The summed E-state index contributed by atoms with van der Waals surface area (Å²) < 4.78 is 39.2. The van der Waals surface area contributed by atoms with Crippen molar-refractivity contribution in [1.82, 2.24) is 4.90 Å². The van der Waals surface area contributed by atoms with Crippen LogP contribution in [0.25, 0.3) is 0 Å². The Balaban J connectivity index is 2.28. The third-order valence-electron chi connectivity index (χ3n) is 4.13. The highest BCUT2D eigenvalue weighted by Gasteiger charge is 2.52. The Morgan fingerprint density at radius 3 is 2.42 bits per heavy atom. The summed E-state index contributed by atoms with van der Waals surface area (Å²) in [6.45, 7) is -0.419. The number of benzene rings is 1. The summed E-state index contributed by atoms with van der Waals surface area (Å²) in [4.78, 5) is 14.4. The third kappa shape index (κ3) is 4.07. The molecule has 2 rings (SSSR count). The van der Waals surface area contributed by atoms with E-state index >= 15 is 0 Å². The maximum Gasteiger partial charge on any atom is 0.393 e. The smallest absolute Gasteiger partial charge is 0.393 e. The van der Waals surface area contributed by atoms with Gasteiger partial charge in [0.25, 0.3) is 0 Å². The first-order chi connectivity index (χ1) is 11.0. The van der Waals surface area contributed by atoms with E-state index in [4.69, 9.17) is 28.3 Å². The van der Waals surface area contributed by atoms with Crippen LogP contribution >= 0.6 is 23.2 Å². The van der Waals surface area contributed by atoms with Gasteiger partial charge in [-0.25, -0.2) is 0 Å². The van der Waals surface area contributed by atoms with Gasteiger partial charge < -0.3 is 10.0 Å². The van der Waals surface area contributed by atoms with Crippen molar-refractivity contribution in [3.05, 3.63) is 27.7 Å². The summed E-state index contributed by atoms with van der Waals surface area (Å²) in [5.74, 6) is -4.79. The van der Waals surface area contributed by atoms with Gasteiger partial charge in [-0.05, 0) is 12.1 Å². The van der Waals surface area contributed by atoms with Crippen LogP contribution in [0.3, 0.4) is 0 Å². The van der Waals surface area contributed by atoms with Gasteiger partial charge in [-0.2, -0.15) is 13.2 Å². The molecular formula is C15H17Cl2F3N2O2. The van der Waals surface area contributed by atoms with Gasteiger partial charge in [0, 0.05) is 55.0 Å². The molecule has 1 aromatic rings. The highest BCUT2D eigenvalue weighted by molar-refractivity contribution is 6.35. The molecule has 9 heteroatoms. The van der Waals surface area contributed by atoms with Crippen LogP contribution in [-0.4, -0.2) is 49.3 Å². The van der Waals surface area contributed by atoms with Crippen molar-refractivity contribution >= 4 is 34.9 Å². The molecule has 1 aliphatic rings. The molecule has 134 valence electrons. The SMILES string of the molecule is CN(C)c1cc(Cl)cc(Cl)c1CN1C[C@@H](C(F)(F)F)[C@H](C(=O)O)C1. The van der Waals surface area contributed by atoms with Crippen LogP contribution < -0.4 is 4.90 Å². The second kappa shape index (κ2) is 6.98. The predicted molar refractivity (Wildman–Crippen MR) is 86.7 cm³/mol. The van der Waals surface area contributed by atoms with Crippen LogP contribution in [0.2, 0.25) is 10.0 Å². The Bertz CT molecular complexity index is 638. The Morgan fingerprint density at radius 1 is 1.33 bits per heavy atom. The number of rotatable bonds is 4. The number of aliphatic carboxylic acids is 1. The fourth-order valence-electron chi connectivity index (χ4n) is 2.97. The Hall–Kier alpha value is -1.18. The average Bonchev–Trinajstić information content (AvgIpc) is 2.85. The van der Waals surface area contributed by atoms with Crippen molar-refractivity contribution < 1.29 is 23.1 Å². The molecule has 1 saturated heterocycles. The average molecular weight is 385 g/mol. The quantitative estimate of drug-likeness (QED) is 0.858. The molecule has 2 atom stereocenters. The van der Waals surface area contributed by atoms with Gasteiger partial charge in [0.15, 0.2) is 0 Å². The first-order valence-electron chi connectivity index (χ1n) is 7.17. The number of nitrogens with zero attached hydrogens (tertiary/aromatic N) is 2. The standard InChI is InChI=1S/C15H17Cl2F3N2O2/c1-21(2)13-4-8(16)3-12(17)10(13)6-22-5-9(14(23)24)11(7-22)15(18,19)20/h3-4,9,11H,5-7H2,1-2H3,(H,23,24)/t9-,11-/m1/s1. The number of carboxylic acid groups (broad SMARTS) is 1. The second-order valence-electron chi connectivity index (χ2n) is 6.07. The van der Waals surface area contributed by atoms with Crippen molar-refractivity contribution in [3.8, 4) is 0 Å². The molecule has 0 aliphatic carbocycles. The number of anilines is 1. The van der Waals surface area contributed by atoms with Crippen LogP contribution in [0.4, 0.5) is 18.9 Å². The minimum Gasteiger partial charge on any atom is -0.481 e. The summed E-state index contributed by atoms with van der Waals surface area (Å²) in [6, 6.07) is 3.20. The van der Waals surface area contributed by atoms with E-state index in [9.17, 15) is 18.0 Å². The van der Waals surface area contributed by atoms with Crippen molar-refractivity contribution in [2.45, 2.75) is 12.7 Å². The summed E-state index contributed by atoms with van der Waals surface area (Å²) >= 11 is 12.2. The predicted octanol–water partition coefficient (Wildman–Crippen LogP) is 3.75. The van der Waals surface area contributed by atoms with E-state index < -0.39 is 24.0 Å². The van der Waals surface area contributed by atoms with Crippen LogP contribution in [0.5, 0.6) is 0 Å². The van der Waals surface area contributed by atoms with Gasteiger partial charge in [-0.3, -0.25) is 9.69 Å². The third-order valence-corrected chi connectivity index (χ3v) is 4.69. The molecule has 0 unspecified atom stereocenters. The minimum absolute atomic E-state index is 0.125. The van der Waals surface area contributed by atoms with E-state index in [1.165, 1.54) is 11.0 Å². The maximum atomic E-state index is 13.1. The van der Waals surface area contributed by atoms with E-state index in [1.807, 2.05) is 0 Å². The molecule has 0 spiro atoms. The molecule has 24 heavy (non-hydrogen) atoms. The molecule has 1 N–H and O–H groups in total. The number of likely N-dealkylation sites (tertiary alicyclic amines) is 1. The molecule has 1 aromatic carbocycles. The van der Waals surface area contributed by atoms with Crippen molar-refractivity contribution in [3.63, 3.8) is 0 Å². The Morgan fingerprint density at radius 2 is 1.96 bits per heavy atom. The molecule has 1 fully saturated rings. The van der Waals surface area contributed by atoms with Gasteiger partial charge in [0.05, 0.1) is 11.8 Å². The van der Waals surface area contributed by atoms with E-state index in [0.29, 0.717) is 21.3 Å². The maximum absolute atomic E-state index is 13.1. The van der Waals surface area contributed by atoms with Crippen molar-refractivity contribution in [1.29, 1.82) is 0 Å². The summed E-state index contributed by atoms with van der Waals surface area (Å²) in [6.07, 6.45) is -4.55. The van der Waals surface area contributed by atoms with Crippen LogP contribution in [0, 0.1) is 11.8 Å². The summed E-state index contributed by atoms with van der Waals surface area (Å²) in [7, 11) is 3.54. The van der Waals surface area contributed by atoms with Gasteiger partial charge >= 0.3 is 12.1 Å². The second-order valence-corrected chi connectivity index (χ2v) is 6.91. The zero-order chi connectivity index (χ0) is 18.2. The summed E-state index contributed by atoms with van der Waals surface area (Å²) in [5, 5.41) is 9.85. The van der Waals surface area contributed by atoms with Crippen molar-refractivity contribution in [2.75, 3.05) is 32.1 Å². The Labute approximate surface area is 147 Å². The molecule has 0 radical (unpaired) electrons. The fourth-order valence-corrected chi connectivity index (χ4v) is 3.51. The number of halogens is 5. The lowest BCUT2D eigenvalue weighted by molar-refractivity contribution is -0.188. The molecule has 0 amide bonds. The number of hydrogen-bond acceptors (Lipinski definition) is 3. The zero-order valence-corrected chi connectivity index (χ0v) is 14.6. The molecule has 1 heterocycles. The van der Waals surface area contributed by atoms with Gasteiger partial charge in [-0.15, -0.1) is 0 Å².